The highest BCUT2D eigenvalue weighted by Gasteiger charge is 2.11. The molecular formula is C21H22N2O4. The number of nitriles is 1. The summed E-state index contributed by atoms with van der Waals surface area (Å²) in [5.74, 6) is 1.28. The largest absolute Gasteiger partial charge is 0.497 e. The van der Waals surface area contributed by atoms with E-state index in [0.29, 0.717) is 35.1 Å². The number of nitrogens with one attached hydrogen (secondary N) is 1. The number of hydrogen-bond donors (Lipinski definition) is 1. The number of anilines is 1. The van der Waals surface area contributed by atoms with Crippen molar-refractivity contribution in [3.05, 3.63) is 53.6 Å². The third-order valence-electron chi connectivity index (χ3n) is 3.65. The maximum atomic E-state index is 12.4. The average Bonchev–Trinajstić information content (AvgIpc) is 2.70. The van der Waals surface area contributed by atoms with Crippen LogP contribution in [0.2, 0.25) is 0 Å². The van der Waals surface area contributed by atoms with E-state index < -0.39 is 5.91 Å². The Morgan fingerprint density at radius 2 is 1.96 bits per heavy atom. The molecular weight excluding hydrogens is 344 g/mol. The van der Waals surface area contributed by atoms with Gasteiger partial charge < -0.3 is 19.5 Å². The van der Waals surface area contributed by atoms with Crippen LogP contribution in [0.3, 0.4) is 0 Å². The molecule has 0 atom stereocenters. The van der Waals surface area contributed by atoms with Crippen molar-refractivity contribution in [3.63, 3.8) is 0 Å². The summed E-state index contributed by atoms with van der Waals surface area (Å²) in [5.41, 5.74) is 1.19. The van der Waals surface area contributed by atoms with Gasteiger partial charge in [0.2, 0.25) is 0 Å². The molecule has 1 amide bonds. The maximum absolute atomic E-state index is 12.4. The van der Waals surface area contributed by atoms with Crippen molar-refractivity contribution in [1.82, 2.24) is 0 Å². The van der Waals surface area contributed by atoms with Gasteiger partial charge >= 0.3 is 0 Å². The summed E-state index contributed by atoms with van der Waals surface area (Å²) in [6.45, 7) is 2.55. The second kappa shape index (κ2) is 9.88. The summed E-state index contributed by atoms with van der Waals surface area (Å²) >= 11 is 0. The summed E-state index contributed by atoms with van der Waals surface area (Å²) in [4.78, 5) is 12.4. The topological polar surface area (TPSA) is 80.6 Å². The number of benzene rings is 2. The van der Waals surface area contributed by atoms with Gasteiger partial charge in [-0.2, -0.15) is 5.26 Å². The molecule has 6 heteroatoms. The Hall–Kier alpha value is -3.46. The van der Waals surface area contributed by atoms with Gasteiger partial charge in [0.15, 0.2) is 11.5 Å². The van der Waals surface area contributed by atoms with Crippen LogP contribution in [0.15, 0.2) is 48.0 Å². The number of carbonyl (C=O) groups excluding carboxylic acids is 1. The molecule has 27 heavy (non-hydrogen) atoms. The van der Waals surface area contributed by atoms with Crippen molar-refractivity contribution < 1.29 is 19.0 Å². The molecule has 0 aliphatic heterocycles. The number of nitrogens with zero attached hydrogens (tertiary/aromatic N) is 1. The lowest BCUT2D eigenvalue weighted by Crippen LogP contribution is -2.13. The van der Waals surface area contributed by atoms with Crippen molar-refractivity contribution >= 4 is 17.7 Å². The molecule has 140 valence electrons. The molecule has 2 aromatic rings. The molecule has 0 unspecified atom stereocenters. The quantitative estimate of drug-likeness (QED) is 0.563. The summed E-state index contributed by atoms with van der Waals surface area (Å²) in [5, 5.41) is 12.1. The van der Waals surface area contributed by atoms with Crippen LogP contribution in [-0.2, 0) is 4.79 Å². The number of carbonyl (C=O) groups is 1. The van der Waals surface area contributed by atoms with E-state index in [9.17, 15) is 10.1 Å². The minimum absolute atomic E-state index is 0.0237. The lowest BCUT2D eigenvalue weighted by molar-refractivity contribution is -0.112. The lowest BCUT2D eigenvalue weighted by Gasteiger charge is -2.11. The zero-order valence-electron chi connectivity index (χ0n) is 15.6. The minimum atomic E-state index is -0.502. The number of amides is 1. The van der Waals surface area contributed by atoms with Crippen LogP contribution in [0.4, 0.5) is 5.69 Å². The fourth-order valence-electron chi connectivity index (χ4n) is 2.32. The van der Waals surface area contributed by atoms with E-state index in [4.69, 9.17) is 14.2 Å². The number of methoxy groups -OCH3 is 2. The molecule has 0 fully saturated rings. The van der Waals surface area contributed by atoms with Crippen molar-refractivity contribution in [2.24, 2.45) is 0 Å². The van der Waals surface area contributed by atoms with Gasteiger partial charge in [-0.1, -0.05) is 19.1 Å². The Bertz CT molecular complexity index is 869. The molecule has 2 rings (SSSR count). The SMILES string of the molecule is CCCOc1cc(C=C(C#N)C(=O)Nc2cccc(OC)c2)ccc1OC. The first-order valence-corrected chi connectivity index (χ1v) is 8.49. The van der Waals surface area contributed by atoms with Crippen molar-refractivity contribution in [1.29, 1.82) is 5.26 Å². The molecule has 6 nitrogen and oxygen atoms in total. The van der Waals surface area contributed by atoms with E-state index >= 15 is 0 Å². The third-order valence-corrected chi connectivity index (χ3v) is 3.65. The molecule has 2 aromatic carbocycles. The molecule has 0 heterocycles. The first-order chi connectivity index (χ1) is 13.1. The first kappa shape index (κ1) is 19.9. The Kier molecular flexibility index (Phi) is 7.26. The van der Waals surface area contributed by atoms with Gasteiger partial charge in [0.05, 0.1) is 20.8 Å². The third kappa shape index (κ3) is 5.51. The van der Waals surface area contributed by atoms with Gasteiger partial charge in [-0.3, -0.25) is 4.79 Å². The monoisotopic (exact) mass is 366 g/mol. The molecule has 0 aliphatic carbocycles. The maximum Gasteiger partial charge on any atom is 0.266 e. The van der Waals surface area contributed by atoms with Crippen LogP contribution in [0.1, 0.15) is 18.9 Å². The molecule has 0 saturated carbocycles. The zero-order chi connectivity index (χ0) is 19.6. The van der Waals surface area contributed by atoms with Crippen LogP contribution >= 0.6 is 0 Å². The lowest BCUT2D eigenvalue weighted by atomic mass is 10.1. The van der Waals surface area contributed by atoms with Crippen LogP contribution < -0.4 is 19.5 Å². The Morgan fingerprint density at radius 3 is 2.63 bits per heavy atom. The molecule has 0 saturated heterocycles. The molecule has 0 bridgehead atoms. The van der Waals surface area contributed by atoms with Crippen LogP contribution in [0.25, 0.3) is 6.08 Å². The van der Waals surface area contributed by atoms with Gasteiger partial charge in [-0.25, -0.2) is 0 Å². The summed E-state index contributed by atoms with van der Waals surface area (Å²) in [7, 11) is 3.11. The molecule has 0 aromatic heterocycles. The average molecular weight is 366 g/mol. The Morgan fingerprint density at radius 1 is 1.15 bits per heavy atom. The van der Waals surface area contributed by atoms with Gasteiger partial charge in [-0.05, 0) is 42.3 Å². The van der Waals surface area contributed by atoms with Crippen molar-refractivity contribution in [2.75, 3.05) is 26.1 Å². The predicted octanol–water partition coefficient (Wildman–Crippen LogP) is 4.04. The Balaban J connectivity index is 2.23. The van der Waals surface area contributed by atoms with Gasteiger partial charge in [0, 0.05) is 11.8 Å². The highest BCUT2D eigenvalue weighted by molar-refractivity contribution is 6.09. The minimum Gasteiger partial charge on any atom is -0.497 e. The second-order valence-corrected chi connectivity index (χ2v) is 5.61. The van der Waals surface area contributed by atoms with E-state index in [1.807, 2.05) is 13.0 Å². The smallest absolute Gasteiger partial charge is 0.266 e. The summed E-state index contributed by atoms with van der Waals surface area (Å²) < 4.78 is 16.1. The Labute approximate surface area is 159 Å². The van der Waals surface area contributed by atoms with E-state index in [2.05, 4.69) is 5.32 Å². The van der Waals surface area contributed by atoms with E-state index in [0.717, 1.165) is 6.42 Å². The fraction of sp³-hybridized carbons (Fsp3) is 0.238. The van der Waals surface area contributed by atoms with Crippen LogP contribution in [0.5, 0.6) is 17.2 Å². The van der Waals surface area contributed by atoms with Gasteiger partial charge in [-0.15, -0.1) is 0 Å². The standard InChI is InChI=1S/C21H22N2O4/c1-4-10-27-20-12-15(8-9-19(20)26-3)11-16(14-22)21(24)23-17-6-5-7-18(13-17)25-2/h5-9,11-13H,4,10H2,1-3H3,(H,23,24). The highest BCUT2D eigenvalue weighted by atomic mass is 16.5. The normalized spacial score (nSPS) is 10.7. The summed E-state index contributed by atoms with van der Waals surface area (Å²) in [6, 6.07) is 14.1. The molecule has 0 radical (unpaired) electrons. The first-order valence-electron chi connectivity index (χ1n) is 8.49. The predicted molar refractivity (Wildman–Crippen MR) is 104 cm³/mol. The highest BCUT2D eigenvalue weighted by Crippen LogP contribution is 2.29. The molecule has 0 aliphatic rings. The van der Waals surface area contributed by atoms with E-state index in [-0.39, 0.29) is 5.57 Å². The number of rotatable bonds is 8. The second-order valence-electron chi connectivity index (χ2n) is 5.61. The molecule has 0 spiro atoms. The van der Waals surface area contributed by atoms with E-state index in [1.54, 1.807) is 56.7 Å². The molecule has 1 N–H and O–H groups in total. The van der Waals surface area contributed by atoms with Gasteiger partial charge in [0.1, 0.15) is 17.4 Å². The van der Waals surface area contributed by atoms with Crippen molar-refractivity contribution in [3.8, 4) is 23.3 Å². The summed E-state index contributed by atoms with van der Waals surface area (Å²) in [6.07, 6.45) is 2.36. The van der Waals surface area contributed by atoms with Gasteiger partial charge in [0.25, 0.3) is 5.91 Å². The van der Waals surface area contributed by atoms with E-state index in [1.165, 1.54) is 6.08 Å². The number of ether oxygens (including phenoxy) is 3. The van der Waals surface area contributed by atoms with Crippen LogP contribution in [-0.4, -0.2) is 26.7 Å². The van der Waals surface area contributed by atoms with Crippen molar-refractivity contribution in [2.45, 2.75) is 13.3 Å². The number of hydrogen-bond acceptors (Lipinski definition) is 5. The zero-order valence-corrected chi connectivity index (χ0v) is 15.6. The van der Waals surface area contributed by atoms with Crippen LogP contribution in [0, 0.1) is 11.3 Å². The fourth-order valence-corrected chi connectivity index (χ4v) is 2.32.